The van der Waals surface area contributed by atoms with Crippen LogP contribution in [0.4, 0.5) is 10.2 Å². The molecule has 0 spiro atoms. The number of halogens is 1. The average Bonchev–Trinajstić information content (AvgIpc) is 3.24. The lowest BCUT2D eigenvalue weighted by atomic mass is 10.2. The van der Waals surface area contributed by atoms with Gasteiger partial charge < -0.3 is 10.2 Å². The first-order valence-corrected chi connectivity index (χ1v) is 7.81. The van der Waals surface area contributed by atoms with E-state index in [9.17, 15) is 9.18 Å². The molecule has 1 aliphatic heterocycles. The Kier molecular flexibility index (Phi) is 3.60. The summed E-state index contributed by atoms with van der Waals surface area (Å²) in [4.78, 5) is 18.7. The third kappa shape index (κ3) is 2.68. The number of amides is 1. The second kappa shape index (κ2) is 5.92. The number of hydrogen-bond acceptors (Lipinski definition) is 4. The molecule has 24 heavy (non-hydrogen) atoms. The van der Waals surface area contributed by atoms with Crippen molar-refractivity contribution in [2.45, 2.75) is 12.5 Å². The van der Waals surface area contributed by atoms with Gasteiger partial charge in [-0.1, -0.05) is 0 Å². The summed E-state index contributed by atoms with van der Waals surface area (Å²) < 4.78 is 14.7. The smallest absolute Gasteiger partial charge is 0.251 e. The molecular formula is C17H16FN5O. The number of hydrogen-bond donors (Lipinski definition) is 1. The number of aromatic nitrogens is 3. The van der Waals surface area contributed by atoms with Crippen molar-refractivity contribution in [2.24, 2.45) is 0 Å². The highest BCUT2D eigenvalue weighted by molar-refractivity contribution is 5.94. The fourth-order valence-electron chi connectivity index (χ4n) is 3.02. The maximum absolute atomic E-state index is 12.9. The van der Waals surface area contributed by atoms with Crippen molar-refractivity contribution in [3.8, 4) is 0 Å². The number of fused-ring (bicyclic) bond motifs is 1. The molecule has 0 radical (unpaired) electrons. The quantitative estimate of drug-likeness (QED) is 0.799. The van der Waals surface area contributed by atoms with Gasteiger partial charge in [0.15, 0.2) is 5.65 Å². The molecule has 0 aliphatic carbocycles. The number of nitrogens with one attached hydrogen (secondary N) is 1. The summed E-state index contributed by atoms with van der Waals surface area (Å²) in [6.45, 7) is 1.53. The van der Waals surface area contributed by atoms with E-state index in [1.54, 1.807) is 16.9 Å². The zero-order valence-corrected chi connectivity index (χ0v) is 12.9. The summed E-state index contributed by atoms with van der Waals surface area (Å²) >= 11 is 0. The van der Waals surface area contributed by atoms with Gasteiger partial charge in [0.25, 0.3) is 5.91 Å². The minimum atomic E-state index is -0.348. The van der Waals surface area contributed by atoms with Crippen LogP contribution < -0.4 is 10.2 Å². The van der Waals surface area contributed by atoms with Crippen molar-refractivity contribution >= 4 is 17.4 Å². The van der Waals surface area contributed by atoms with Crippen molar-refractivity contribution in [3.63, 3.8) is 0 Å². The lowest BCUT2D eigenvalue weighted by Crippen LogP contribution is -2.37. The Morgan fingerprint density at radius 1 is 1.17 bits per heavy atom. The third-order valence-electron chi connectivity index (χ3n) is 4.22. The second-order valence-corrected chi connectivity index (χ2v) is 5.82. The molecule has 3 heterocycles. The van der Waals surface area contributed by atoms with Gasteiger partial charge in [-0.25, -0.2) is 9.37 Å². The van der Waals surface area contributed by atoms with Gasteiger partial charge in [0.05, 0.1) is 6.20 Å². The summed E-state index contributed by atoms with van der Waals surface area (Å²) in [5.41, 5.74) is 1.26. The zero-order valence-electron chi connectivity index (χ0n) is 12.9. The average molecular weight is 325 g/mol. The van der Waals surface area contributed by atoms with E-state index in [1.165, 1.54) is 24.3 Å². The molecular weight excluding hydrogens is 309 g/mol. The van der Waals surface area contributed by atoms with E-state index in [0.29, 0.717) is 12.1 Å². The van der Waals surface area contributed by atoms with Gasteiger partial charge in [-0.15, -0.1) is 0 Å². The van der Waals surface area contributed by atoms with Crippen LogP contribution in [0.1, 0.15) is 16.8 Å². The van der Waals surface area contributed by atoms with Crippen LogP contribution in [0.25, 0.3) is 5.65 Å². The van der Waals surface area contributed by atoms with E-state index in [1.807, 2.05) is 12.1 Å². The first-order chi connectivity index (χ1) is 11.7. The van der Waals surface area contributed by atoms with Crippen LogP contribution >= 0.6 is 0 Å². The van der Waals surface area contributed by atoms with Crippen molar-refractivity contribution in [2.75, 3.05) is 18.0 Å². The molecule has 6 nitrogen and oxygen atoms in total. The molecule has 0 saturated carbocycles. The van der Waals surface area contributed by atoms with E-state index in [2.05, 4.69) is 20.3 Å². The van der Waals surface area contributed by atoms with Crippen molar-refractivity contribution in [3.05, 3.63) is 60.2 Å². The highest BCUT2D eigenvalue weighted by Gasteiger charge is 2.26. The predicted octanol–water partition coefficient (Wildman–Crippen LogP) is 1.88. The summed E-state index contributed by atoms with van der Waals surface area (Å²) in [5, 5.41) is 7.30. The predicted molar refractivity (Wildman–Crippen MR) is 87.5 cm³/mol. The maximum Gasteiger partial charge on any atom is 0.251 e. The molecule has 0 bridgehead atoms. The fraction of sp³-hybridized carbons (Fsp3) is 0.235. The Bertz CT molecular complexity index is 876. The third-order valence-corrected chi connectivity index (χ3v) is 4.22. The summed E-state index contributed by atoms with van der Waals surface area (Å²) in [7, 11) is 0. The van der Waals surface area contributed by atoms with Crippen molar-refractivity contribution in [1.82, 2.24) is 19.9 Å². The minimum absolute atomic E-state index is 0.0429. The summed E-state index contributed by atoms with van der Waals surface area (Å²) in [6.07, 6.45) is 4.32. The van der Waals surface area contributed by atoms with Crippen LogP contribution in [0.3, 0.4) is 0 Å². The minimum Gasteiger partial charge on any atom is -0.354 e. The molecule has 1 amide bonds. The largest absolute Gasteiger partial charge is 0.354 e. The molecule has 3 aromatic rings. The van der Waals surface area contributed by atoms with Gasteiger partial charge in [-0.2, -0.15) is 9.61 Å². The molecule has 7 heteroatoms. The molecule has 2 aromatic heterocycles. The lowest BCUT2D eigenvalue weighted by Gasteiger charge is -2.19. The van der Waals surface area contributed by atoms with E-state index < -0.39 is 0 Å². The van der Waals surface area contributed by atoms with E-state index >= 15 is 0 Å². The first kappa shape index (κ1) is 14.6. The molecule has 4 rings (SSSR count). The highest BCUT2D eigenvalue weighted by atomic mass is 19.1. The zero-order chi connectivity index (χ0) is 16.5. The van der Waals surface area contributed by atoms with Crippen LogP contribution in [-0.2, 0) is 0 Å². The van der Waals surface area contributed by atoms with Crippen molar-refractivity contribution in [1.29, 1.82) is 0 Å². The van der Waals surface area contributed by atoms with Crippen LogP contribution in [0.15, 0.2) is 48.8 Å². The number of carbonyl (C=O) groups excluding carboxylic acids is 1. The van der Waals surface area contributed by atoms with Crippen LogP contribution in [0.5, 0.6) is 0 Å². The normalized spacial score (nSPS) is 17.4. The Balaban J connectivity index is 1.46. The molecule has 1 aliphatic rings. The molecule has 1 aromatic carbocycles. The van der Waals surface area contributed by atoms with Gasteiger partial charge in [-0.3, -0.25) is 4.79 Å². The Hall–Kier alpha value is -2.96. The van der Waals surface area contributed by atoms with Crippen LogP contribution in [0, 0.1) is 5.82 Å². The SMILES string of the molecule is O=C(NC1CCN(c2ccnc3ccnn23)C1)c1ccc(F)cc1. The van der Waals surface area contributed by atoms with Gasteiger partial charge in [0, 0.05) is 37.0 Å². The molecule has 1 saturated heterocycles. The van der Waals surface area contributed by atoms with Gasteiger partial charge in [0.1, 0.15) is 11.6 Å². The summed E-state index contributed by atoms with van der Waals surface area (Å²) in [5.74, 6) is 0.434. The van der Waals surface area contributed by atoms with Gasteiger partial charge >= 0.3 is 0 Å². The maximum atomic E-state index is 12.9. The Morgan fingerprint density at radius 3 is 2.83 bits per heavy atom. The monoisotopic (exact) mass is 325 g/mol. The van der Waals surface area contributed by atoms with Crippen molar-refractivity contribution < 1.29 is 9.18 Å². The summed E-state index contributed by atoms with van der Waals surface area (Å²) in [6, 6.07) is 9.39. The van der Waals surface area contributed by atoms with Crippen LogP contribution in [0.2, 0.25) is 0 Å². The van der Waals surface area contributed by atoms with E-state index in [4.69, 9.17) is 0 Å². The molecule has 1 unspecified atom stereocenters. The first-order valence-electron chi connectivity index (χ1n) is 7.81. The van der Waals surface area contributed by atoms with Gasteiger partial charge in [0.2, 0.25) is 0 Å². The molecule has 1 N–H and O–H groups in total. The van der Waals surface area contributed by atoms with E-state index in [0.717, 1.165) is 24.4 Å². The lowest BCUT2D eigenvalue weighted by molar-refractivity contribution is 0.0940. The Morgan fingerprint density at radius 2 is 2.00 bits per heavy atom. The fourth-order valence-corrected chi connectivity index (χ4v) is 3.02. The second-order valence-electron chi connectivity index (χ2n) is 5.82. The highest BCUT2D eigenvalue weighted by Crippen LogP contribution is 2.20. The topological polar surface area (TPSA) is 62.5 Å². The number of nitrogens with zero attached hydrogens (tertiary/aromatic N) is 4. The number of anilines is 1. The molecule has 1 fully saturated rings. The number of benzene rings is 1. The van der Waals surface area contributed by atoms with Crippen LogP contribution in [-0.4, -0.2) is 39.6 Å². The molecule has 1 atom stereocenters. The van der Waals surface area contributed by atoms with E-state index in [-0.39, 0.29) is 17.8 Å². The van der Waals surface area contributed by atoms with Gasteiger partial charge in [-0.05, 0) is 36.8 Å². The number of rotatable bonds is 3. The Labute approximate surface area is 137 Å². The standard InChI is InChI=1S/C17H16FN5O/c18-13-3-1-12(2-4-13)17(24)21-14-7-10-22(11-14)16-6-8-19-15-5-9-20-23(15)16/h1-6,8-9,14H,7,10-11H2,(H,21,24). The number of carbonyl (C=O) groups is 1. The molecule has 122 valence electrons.